The first-order valence-corrected chi connectivity index (χ1v) is 9.82. The van der Waals surface area contributed by atoms with E-state index in [1.165, 1.54) is 11.1 Å². The molecule has 146 valence electrons. The van der Waals surface area contributed by atoms with Gasteiger partial charge in [0.25, 0.3) is 0 Å². The van der Waals surface area contributed by atoms with Gasteiger partial charge < -0.3 is 9.73 Å². The van der Waals surface area contributed by atoms with Crippen LogP contribution < -0.4 is 5.32 Å². The number of carbonyl (C=O) groups is 1. The van der Waals surface area contributed by atoms with Gasteiger partial charge in [0, 0.05) is 13.5 Å². The smallest absolute Gasteiger partial charge is 0.238 e. The van der Waals surface area contributed by atoms with Crippen molar-refractivity contribution in [3.8, 4) is 0 Å². The maximum Gasteiger partial charge on any atom is 0.238 e. The number of likely N-dealkylation sites (tertiary alicyclic amines) is 1. The fourth-order valence-corrected chi connectivity index (χ4v) is 3.77. The van der Waals surface area contributed by atoms with Crippen LogP contribution in [0.3, 0.4) is 0 Å². The van der Waals surface area contributed by atoms with Gasteiger partial charge in [-0.05, 0) is 44.2 Å². The number of nitrogens with one attached hydrogen (secondary N) is 1. The second-order valence-electron chi connectivity index (χ2n) is 7.97. The molecule has 1 amide bonds. The lowest BCUT2D eigenvalue weighted by Crippen LogP contribution is -2.44. The summed E-state index contributed by atoms with van der Waals surface area (Å²) < 4.78 is 5.60. The summed E-state index contributed by atoms with van der Waals surface area (Å²) in [6.07, 6.45) is 2.70. The second-order valence-corrected chi connectivity index (χ2v) is 7.97. The third-order valence-electron chi connectivity index (χ3n) is 5.00. The van der Waals surface area contributed by atoms with Crippen molar-refractivity contribution >= 4 is 5.91 Å². The minimum Gasteiger partial charge on any atom is -0.423 e. The number of aryl methyl sites for hydroxylation is 2. The molecule has 0 spiro atoms. The molecule has 0 bridgehead atoms. The van der Waals surface area contributed by atoms with Crippen molar-refractivity contribution in [2.45, 2.75) is 65.6 Å². The molecular weight excluding hydrogens is 340 g/mol. The Morgan fingerprint density at radius 3 is 2.81 bits per heavy atom. The lowest BCUT2D eigenvalue weighted by atomic mass is 10.0. The van der Waals surface area contributed by atoms with Crippen molar-refractivity contribution in [1.29, 1.82) is 0 Å². The molecule has 0 aliphatic carbocycles. The molecule has 1 saturated heterocycles. The Hall–Kier alpha value is -2.21. The van der Waals surface area contributed by atoms with Crippen LogP contribution in [0.2, 0.25) is 0 Å². The maximum absolute atomic E-state index is 13.0. The number of aromatic nitrogens is 2. The minimum absolute atomic E-state index is 0.0571. The van der Waals surface area contributed by atoms with Gasteiger partial charge >= 0.3 is 0 Å². The van der Waals surface area contributed by atoms with Crippen molar-refractivity contribution in [2.75, 3.05) is 6.54 Å². The van der Waals surface area contributed by atoms with Crippen LogP contribution in [0.15, 0.2) is 28.7 Å². The molecule has 2 heterocycles. The molecule has 6 heteroatoms. The predicted molar refractivity (Wildman–Crippen MR) is 104 cm³/mol. The van der Waals surface area contributed by atoms with Crippen LogP contribution in [0.1, 0.15) is 62.1 Å². The van der Waals surface area contributed by atoms with Crippen LogP contribution >= 0.6 is 0 Å². The van der Waals surface area contributed by atoms with Gasteiger partial charge in [-0.2, -0.15) is 0 Å². The van der Waals surface area contributed by atoms with E-state index >= 15 is 0 Å². The number of nitrogens with zero attached hydrogens (tertiary/aromatic N) is 3. The van der Waals surface area contributed by atoms with Crippen LogP contribution in [0.25, 0.3) is 0 Å². The van der Waals surface area contributed by atoms with Crippen LogP contribution in [0.4, 0.5) is 0 Å². The zero-order valence-corrected chi connectivity index (χ0v) is 16.7. The second kappa shape index (κ2) is 8.65. The normalized spacial score (nSPS) is 18.8. The van der Waals surface area contributed by atoms with Gasteiger partial charge in [-0.3, -0.25) is 9.69 Å². The zero-order valence-electron chi connectivity index (χ0n) is 16.7. The Bertz CT molecular complexity index is 771. The van der Waals surface area contributed by atoms with Gasteiger partial charge in [0.1, 0.15) is 6.04 Å². The highest BCUT2D eigenvalue weighted by Crippen LogP contribution is 2.24. The van der Waals surface area contributed by atoms with Crippen molar-refractivity contribution < 1.29 is 9.21 Å². The largest absolute Gasteiger partial charge is 0.423 e. The number of benzene rings is 1. The molecule has 2 aromatic rings. The van der Waals surface area contributed by atoms with Gasteiger partial charge in [0.05, 0.1) is 6.04 Å². The molecule has 1 fully saturated rings. The van der Waals surface area contributed by atoms with Gasteiger partial charge in [0.15, 0.2) is 0 Å². The fraction of sp³-hybridized carbons (Fsp3) is 0.571. The Labute approximate surface area is 161 Å². The molecule has 3 rings (SSSR count). The van der Waals surface area contributed by atoms with Gasteiger partial charge in [-0.1, -0.05) is 43.7 Å². The Morgan fingerprint density at radius 2 is 2.15 bits per heavy atom. The van der Waals surface area contributed by atoms with E-state index in [9.17, 15) is 4.79 Å². The average molecular weight is 370 g/mol. The predicted octanol–water partition coefficient (Wildman–Crippen LogP) is 3.55. The maximum atomic E-state index is 13.0. The topological polar surface area (TPSA) is 71.3 Å². The number of hydrogen-bond acceptors (Lipinski definition) is 5. The molecule has 1 N–H and O–H groups in total. The summed E-state index contributed by atoms with van der Waals surface area (Å²) in [5, 5.41) is 11.2. The lowest BCUT2D eigenvalue weighted by Gasteiger charge is -2.26. The summed E-state index contributed by atoms with van der Waals surface area (Å²) in [4.78, 5) is 15.3. The van der Waals surface area contributed by atoms with Crippen LogP contribution in [-0.2, 0) is 11.3 Å². The van der Waals surface area contributed by atoms with Crippen molar-refractivity contribution in [3.05, 3.63) is 47.2 Å². The first kappa shape index (κ1) is 19.5. The first-order valence-electron chi connectivity index (χ1n) is 9.82. The van der Waals surface area contributed by atoms with E-state index in [4.69, 9.17) is 4.42 Å². The van der Waals surface area contributed by atoms with Crippen LogP contribution in [-0.4, -0.2) is 33.6 Å². The summed E-state index contributed by atoms with van der Waals surface area (Å²) in [7, 11) is 0. The van der Waals surface area contributed by atoms with E-state index in [-0.39, 0.29) is 18.0 Å². The zero-order chi connectivity index (χ0) is 19.4. The standard InChI is InChI=1S/C21H30N4O2/c1-14(2)11-18(21-24-23-16(4)27-21)22-20(26)19-9-6-10-25(19)13-17-8-5-7-15(3)12-17/h5,7-8,12,14,18-19H,6,9-11,13H2,1-4H3,(H,22,26). The molecule has 1 aliphatic rings. The molecule has 27 heavy (non-hydrogen) atoms. The molecule has 2 unspecified atom stereocenters. The summed E-state index contributed by atoms with van der Waals surface area (Å²) in [5.74, 6) is 1.49. The molecule has 1 aromatic heterocycles. The van der Waals surface area contributed by atoms with E-state index in [1.807, 2.05) is 0 Å². The summed E-state index contributed by atoms with van der Waals surface area (Å²) in [6, 6.07) is 8.15. The molecule has 0 radical (unpaired) electrons. The van der Waals surface area contributed by atoms with E-state index in [0.717, 1.165) is 32.4 Å². The fourth-order valence-electron chi connectivity index (χ4n) is 3.77. The number of rotatable bonds is 7. The molecule has 2 atom stereocenters. The Balaban J connectivity index is 1.68. The quantitative estimate of drug-likeness (QED) is 0.807. The van der Waals surface area contributed by atoms with Crippen molar-refractivity contribution in [3.63, 3.8) is 0 Å². The van der Waals surface area contributed by atoms with E-state index < -0.39 is 0 Å². The van der Waals surface area contributed by atoms with Gasteiger partial charge in [-0.15, -0.1) is 10.2 Å². The first-order chi connectivity index (χ1) is 12.9. The van der Waals surface area contributed by atoms with Gasteiger partial charge in [0.2, 0.25) is 17.7 Å². The number of hydrogen-bond donors (Lipinski definition) is 1. The van der Waals surface area contributed by atoms with E-state index in [2.05, 4.69) is 65.5 Å². The molecule has 1 aliphatic heterocycles. The number of carbonyl (C=O) groups excluding carboxylic acids is 1. The third-order valence-corrected chi connectivity index (χ3v) is 5.00. The number of amides is 1. The highest BCUT2D eigenvalue weighted by molar-refractivity contribution is 5.82. The monoisotopic (exact) mass is 370 g/mol. The minimum atomic E-state index is -0.236. The Kier molecular flexibility index (Phi) is 6.26. The molecule has 1 aromatic carbocycles. The summed E-state index contributed by atoms with van der Waals surface area (Å²) in [6.45, 7) is 9.87. The Morgan fingerprint density at radius 1 is 1.33 bits per heavy atom. The summed E-state index contributed by atoms with van der Waals surface area (Å²) >= 11 is 0. The highest BCUT2D eigenvalue weighted by Gasteiger charge is 2.33. The third kappa shape index (κ3) is 5.16. The van der Waals surface area contributed by atoms with E-state index in [0.29, 0.717) is 17.7 Å². The van der Waals surface area contributed by atoms with Crippen LogP contribution in [0, 0.1) is 19.8 Å². The molecular formula is C21H30N4O2. The summed E-state index contributed by atoms with van der Waals surface area (Å²) in [5.41, 5.74) is 2.50. The van der Waals surface area contributed by atoms with E-state index in [1.54, 1.807) is 6.92 Å². The average Bonchev–Trinajstić information content (AvgIpc) is 3.23. The molecule has 0 saturated carbocycles. The van der Waals surface area contributed by atoms with Gasteiger partial charge in [-0.25, -0.2) is 0 Å². The highest BCUT2D eigenvalue weighted by atomic mass is 16.4. The molecule has 6 nitrogen and oxygen atoms in total. The van der Waals surface area contributed by atoms with Crippen molar-refractivity contribution in [2.24, 2.45) is 5.92 Å². The van der Waals surface area contributed by atoms with Crippen molar-refractivity contribution in [1.82, 2.24) is 20.4 Å². The lowest BCUT2D eigenvalue weighted by molar-refractivity contribution is -0.126. The SMILES string of the molecule is Cc1cccc(CN2CCCC2C(=O)NC(CC(C)C)c2nnc(C)o2)c1. The van der Waals surface area contributed by atoms with Crippen LogP contribution in [0.5, 0.6) is 0 Å².